The van der Waals surface area contributed by atoms with Gasteiger partial charge >= 0.3 is 0 Å². The predicted octanol–water partition coefficient (Wildman–Crippen LogP) is 0.623. The molecule has 0 aliphatic carbocycles. The Balaban J connectivity index is 2.43. The second-order valence-corrected chi connectivity index (χ2v) is 3.98. The van der Waals surface area contributed by atoms with Gasteiger partial charge in [-0.1, -0.05) is 6.92 Å². The third kappa shape index (κ3) is 3.80. The summed E-state index contributed by atoms with van der Waals surface area (Å²) in [6.45, 7) is 5.48. The minimum absolute atomic E-state index is 0.229. The lowest BCUT2D eigenvalue weighted by molar-refractivity contribution is -0.134. The van der Waals surface area contributed by atoms with Crippen molar-refractivity contribution in [2.24, 2.45) is 0 Å². The van der Waals surface area contributed by atoms with Crippen molar-refractivity contribution in [2.75, 3.05) is 33.4 Å². The number of hydrogen-bond acceptors (Lipinski definition) is 3. The summed E-state index contributed by atoms with van der Waals surface area (Å²) in [6, 6.07) is 0.398. The molecule has 1 fully saturated rings. The van der Waals surface area contributed by atoms with Gasteiger partial charge in [-0.25, -0.2) is 0 Å². The zero-order valence-corrected chi connectivity index (χ0v) is 9.79. The Morgan fingerprint density at radius 3 is 2.93 bits per heavy atom. The molecule has 1 atom stereocenters. The van der Waals surface area contributed by atoms with E-state index in [4.69, 9.17) is 4.74 Å². The van der Waals surface area contributed by atoms with Crippen molar-refractivity contribution in [2.45, 2.75) is 32.2 Å². The van der Waals surface area contributed by atoms with Crippen LogP contribution in [0.25, 0.3) is 0 Å². The van der Waals surface area contributed by atoms with E-state index >= 15 is 0 Å². The number of rotatable bonds is 6. The van der Waals surface area contributed by atoms with Crippen molar-refractivity contribution >= 4 is 5.91 Å². The van der Waals surface area contributed by atoms with Crippen LogP contribution in [0.5, 0.6) is 0 Å². The molecular formula is C11H22N2O2. The molecule has 88 valence electrons. The van der Waals surface area contributed by atoms with Crippen LogP contribution >= 0.6 is 0 Å². The molecule has 4 nitrogen and oxygen atoms in total. The quantitative estimate of drug-likeness (QED) is 0.705. The first-order valence-corrected chi connectivity index (χ1v) is 5.78. The van der Waals surface area contributed by atoms with Crippen LogP contribution in [0, 0.1) is 0 Å². The van der Waals surface area contributed by atoms with Crippen LogP contribution in [0.15, 0.2) is 0 Å². The van der Waals surface area contributed by atoms with Crippen molar-refractivity contribution in [3.8, 4) is 0 Å². The van der Waals surface area contributed by atoms with Gasteiger partial charge in [-0.05, 0) is 19.4 Å². The van der Waals surface area contributed by atoms with E-state index in [-0.39, 0.29) is 5.91 Å². The molecule has 4 heteroatoms. The zero-order valence-electron chi connectivity index (χ0n) is 9.79. The molecule has 15 heavy (non-hydrogen) atoms. The van der Waals surface area contributed by atoms with Gasteiger partial charge in [0.05, 0.1) is 13.0 Å². The van der Waals surface area contributed by atoms with Gasteiger partial charge in [0, 0.05) is 26.2 Å². The highest BCUT2D eigenvalue weighted by Crippen LogP contribution is 2.10. The Hall–Kier alpha value is -0.610. The molecule has 1 aliphatic rings. The Labute approximate surface area is 92.0 Å². The molecular weight excluding hydrogens is 192 g/mol. The Bertz CT molecular complexity index is 191. The fourth-order valence-electron chi connectivity index (χ4n) is 1.99. The van der Waals surface area contributed by atoms with Crippen LogP contribution in [0.4, 0.5) is 0 Å². The average Bonchev–Trinajstić information content (AvgIpc) is 2.75. The van der Waals surface area contributed by atoms with Crippen molar-refractivity contribution in [1.82, 2.24) is 10.2 Å². The summed E-state index contributed by atoms with van der Waals surface area (Å²) < 4.78 is 4.94. The molecule has 1 N–H and O–H groups in total. The highest BCUT2D eigenvalue weighted by molar-refractivity contribution is 5.76. The maximum Gasteiger partial charge on any atom is 0.225 e. The highest BCUT2D eigenvalue weighted by Gasteiger charge is 2.25. The molecule has 0 saturated carbocycles. The first-order chi connectivity index (χ1) is 7.29. The molecule has 0 aromatic carbocycles. The molecule has 0 bridgehead atoms. The van der Waals surface area contributed by atoms with Crippen LogP contribution in [0.2, 0.25) is 0 Å². The first-order valence-electron chi connectivity index (χ1n) is 5.78. The second kappa shape index (κ2) is 6.80. The van der Waals surface area contributed by atoms with Gasteiger partial charge in [0.15, 0.2) is 0 Å². The van der Waals surface area contributed by atoms with Crippen LogP contribution in [0.1, 0.15) is 26.2 Å². The molecule has 0 aromatic heterocycles. The number of methoxy groups -OCH3 is 1. The average molecular weight is 214 g/mol. The Morgan fingerprint density at radius 2 is 2.40 bits per heavy atom. The molecule has 1 saturated heterocycles. The van der Waals surface area contributed by atoms with E-state index in [1.807, 2.05) is 4.90 Å². The lowest BCUT2D eigenvalue weighted by atomic mass is 10.2. The molecule has 1 heterocycles. The van der Waals surface area contributed by atoms with Crippen LogP contribution in [-0.4, -0.2) is 50.2 Å². The summed E-state index contributed by atoms with van der Waals surface area (Å²) in [4.78, 5) is 13.9. The lowest BCUT2D eigenvalue weighted by Gasteiger charge is -2.28. The molecule has 0 spiro atoms. The van der Waals surface area contributed by atoms with Gasteiger partial charge in [-0.2, -0.15) is 0 Å². The normalized spacial score (nSPS) is 20.5. The van der Waals surface area contributed by atoms with Crippen molar-refractivity contribution in [1.29, 1.82) is 0 Å². The van der Waals surface area contributed by atoms with Gasteiger partial charge in [0.25, 0.3) is 0 Å². The van der Waals surface area contributed by atoms with E-state index in [9.17, 15) is 4.79 Å². The molecule has 1 rings (SSSR count). The second-order valence-electron chi connectivity index (χ2n) is 3.98. The van der Waals surface area contributed by atoms with E-state index in [0.717, 1.165) is 32.5 Å². The van der Waals surface area contributed by atoms with E-state index in [1.54, 1.807) is 7.11 Å². The van der Waals surface area contributed by atoms with Crippen molar-refractivity contribution < 1.29 is 9.53 Å². The zero-order chi connectivity index (χ0) is 11.1. The Kier molecular flexibility index (Phi) is 5.65. The summed E-state index contributed by atoms with van der Waals surface area (Å²) in [6.07, 6.45) is 2.61. The minimum atomic E-state index is 0.229. The molecule has 0 radical (unpaired) electrons. The summed E-state index contributed by atoms with van der Waals surface area (Å²) in [7, 11) is 1.63. The smallest absolute Gasteiger partial charge is 0.225 e. The van der Waals surface area contributed by atoms with E-state index in [1.165, 1.54) is 0 Å². The monoisotopic (exact) mass is 214 g/mol. The number of ether oxygens (including phenoxy) is 1. The predicted molar refractivity (Wildman–Crippen MR) is 59.8 cm³/mol. The third-order valence-corrected chi connectivity index (χ3v) is 2.78. The van der Waals surface area contributed by atoms with E-state index in [0.29, 0.717) is 19.1 Å². The summed E-state index contributed by atoms with van der Waals surface area (Å²) in [5, 5.41) is 3.30. The minimum Gasteiger partial charge on any atom is -0.384 e. The SMILES string of the molecule is CCCN(C(=O)CCOC)C1CCNC1. The summed E-state index contributed by atoms with van der Waals surface area (Å²) in [5.74, 6) is 0.229. The van der Waals surface area contributed by atoms with Crippen molar-refractivity contribution in [3.63, 3.8) is 0 Å². The van der Waals surface area contributed by atoms with Crippen molar-refractivity contribution in [3.05, 3.63) is 0 Å². The van der Waals surface area contributed by atoms with E-state index in [2.05, 4.69) is 12.2 Å². The molecule has 1 unspecified atom stereocenters. The standard InChI is InChI=1S/C11H22N2O2/c1-3-7-13(10-4-6-12-9-10)11(14)5-8-15-2/h10,12H,3-9H2,1-2H3. The van der Waals surface area contributed by atoms with Crippen LogP contribution in [0.3, 0.4) is 0 Å². The fraction of sp³-hybridized carbons (Fsp3) is 0.909. The maximum atomic E-state index is 11.9. The first kappa shape index (κ1) is 12.5. The molecule has 1 aliphatic heterocycles. The van der Waals surface area contributed by atoms with E-state index < -0.39 is 0 Å². The van der Waals surface area contributed by atoms with Gasteiger partial charge in [0.2, 0.25) is 5.91 Å². The number of nitrogens with one attached hydrogen (secondary N) is 1. The number of hydrogen-bond donors (Lipinski definition) is 1. The van der Waals surface area contributed by atoms with Crippen LogP contribution < -0.4 is 5.32 Å². The summed E-state index contributed by atoms with van der Waals surface area (Å²) in [5.41, 5.74) is 0. The topological polar surface area (TPSA) is 41.6 Å². The Morgan fingerprint density at radius 1 is 1.60 bits per heavy atom. The summed E-state index contributed by atoms with van der Waals surface area (Å²) >= 11 is 0. The molecule has 1 amide bonds. The number of amides is 1. The number of carbonyl (C=O) groups is 1. The van der Waals surface area contributed by atoms with Gasteiger partial charge in [0.1, 0.15) is 0 Å². The lowest BCUT2D eigenvalue weighted by Crippen LogP contribution is -2.42. The maximum absolute atomic E-state index is 11.9. The largest absolute Gasteiger partial charge is 0.384 e. The van der Waals surface area contributed by atoms with Gasteiger partial charge in [-0.3, -0.25) is 4.79 Å². The number of carbonyl (C=O) groups excluding carboxylic acids is 1. The third-order valence-electron chi connectivity index (χ3n) is 2.78. The van der Waals surface area contributed by atoms with Gasteiger partial charge < -0.3 is 15.0 Å². The molecule has 0 aromatic rings. The van der Waals surface area contributed by atoms with Gasteiger partial charge in [-0.15, -0.1) is 0 Å². The fourth-order valence-corrected chi connectivity index (χ4v) is 1.99. The van der Waals surface area contributed by atoms with Crippen LogP contribution in [-0.2, 0) is 9.53 Å². The highest BCUT2D eigenvalue weighted by atomic mass is 16.5. The number of nitrogens with zero attached hydrogens (tertiary/aromatic N) is 1.